The van der Waals surface area contributed by atoms with Crippen LogP contribution in [0, 0.1) is 0 Å². The first kappa shape index (κ1) is 11.4. The zero-order valence-corrected chi connectivity index (χ0v) is 11.0. The maximum absolute atomic E-state index is 11.2. The third kappa shape index (κ3) is 2.06. The first-order valence-electron chi connectivity index (χ1n) is 3.36. The fraction of sp³-hybridized carbons (Fsp3) is 0. The van der Waals surface area contributed by atoms with Gasteiger partial charge in [-0.05, 0) is 29.8 Å². The molecule has 5 heteroatoms. The zero-order valence-electron chi connectivity index (χ0n) is 8.06. The molecule has 0 fully saturated rings. The molecule has 0 spiro atoms. The fourth-order valence-electron chi connectivity index (χ4n) is 1.16. The van der Waals surface area contributed by atoms with E-state index in [1.165, 1.54) is 24.3 Å². The predicted octanol–water partition coefficient (Wildman–Crippen LogP) is -1.73. The van der Waals surface area contributed by atoms with E-state index in [2.05, 4.69) is 0 Å². The molecular formula is C8H7KO3S. The minimum absolute atomic E-state index is 0. The molecule has 2 rings (SSSR count). The van der Waals surface area contributed by atoms with E-state index in [-0.39, 0.29) is 63.5 Å². The van der Waals surface area contributed by atoms with Gasteiger partial charge in [0, 0.05) is 5.41 Å². The summed E-state index contributed by atoms with van der Waals surface area (Å²) >= 11 is 0. The molecule has 13 heavy (non-hydrogen) atoms. The molecule has 0 radical (unpaired) electrons. The smallest absolute Gasteiger partial charge is 1.00 e. The van der Waals surface area contributed by atoms with Crippen LogP contribution in [-0.4, -0.2) is 13.5 Å². The Labute approximate surface area is 120 Å². The first-order chi connectivity index (χ1) is 5.59. The molecule has 0 unspecified atom stereocenters. The monoisotopic (exact) mass is 222 g/mol. The van der Waals surface area contributed by atoms with Crippen LogP contribution in [0.15, 0.2) is 28.5 Å². The molecule has 3 nitrogen and oxygen atoms in total. The van der Waals surface area contributed by atoms with Gasteiger partial charge in [0.15, 0.2) is 9.84 Å². The van der Waals surface area contributed by atoms with Gasteiger partial charge in [-0.2, -0.15) is 0 Å². The number of rotatable bonds is 0. The van der Waals surface area contributed by atoms with Crippen LogP contribution in [0.3, 0.4) is 0 Å². The Morgan fingerprint density at radius 2 is 2.00 bits per heavy atom. The van der Waals surface area contributed by atoms with E-state index in [0.29, 0.717) is 5.56 Å². The van der Waals surface area contributed by atoms with Crippen molar-refractivity contribution in [2.24, 2.45) is 0 Å². The second-order valence-electron chi connectivity index (χ2n) is 2.57. The van der Waals surface area contributed by atoms with E-state index in [1.54, 1.807) is 0 Å². The minimum atomic E-state index is -3.21. The van der Waals surface area contributed by atoms with Crippen molar-refractivity contribution in [1.29, 1.82) is 0 Å². The molecular weight excluding hydrogens is 215 g/mol. The molecule has 0 bridgehead atoms. The molecule has 1 aromatic carbocycles. The summed E-state index contributed by atoms with van der Waals surface area (Å²) in [7, 11) is -3.21. The predicted molar refractivity (Wildman–Crippen MR) is 45.4 cm³/mol. The Kier molecular flexibility index (Phi) is 3.37. The van der Waals surface area contributed by atoms with Gasteiger partial charge in [0.05, 0.1) is 4.90 Å². The van der Waals surface area contributed by atoms with E-state index in [1.807, 2.05) is 0 Å². The van der Waals surface area contributed by atoms with E-state index in [4.69, 9.17) is 5.11 Å². The molecule has 1 aliphatic rings. The minimum Gasteiger partial charge on any atom is -1.00 e. The second-order valence-corrected chi connectivity index (χ2v) is 4.37. The molecule has 1 heterocycles. The first-order valence-corrected chi connectivity index (χ1v) is 4.90. The van der Waals surface area contributed by atoms with Gasteiger partial charge in [-0.1, -0.05) is 0 Å². The summed E-state index contributed by atoms with van der Waals surface area (Å²) < 4.78 is 22.4. The van der Waals surface area contributed by atoms with E-state index in [9.17, 15) is 8.42 Å². The number of hydrogen-bond acceptors (Lipinski definition) is 3. The summed E-state index contributed by atoms with van der Waals surface area (Å²) in [6, 6.07) is 4.19. The molecule has 0 atom stereocenters. The molecule has 0 saturated heterocycles. The van der Waals surface area contributed by atoms with E-state index < -0.39 is 9.84 Å². The summed E-state index contributed by atoms with van der Waals surface area (Å²) in [5, 5.41) is 10.2. The summed E-state index contributed by atoms with van der Waals surface area (Å²) in [6.07, 6.45) is 1.48. The largest absolute Gasteiger partial charge is 1.00 e. The third-order valence-corrected chi connectivity index (χ3v) is 3.21. The maximum Gasteiger partial charge on any atom is 1.00 e. The van der Waals surface area contributed by atoms with Crippen LogP contribution in [0.4, 0.5) is 0 Å². The average Bonchev–Trinajstić information content (AvgIpc) is 2.27. The van der Waals surface area contributed by atoms with Crippen molar-refractivity contribution in [2.75, 3.05) is 0 Å². The van der Waals surface area contributed by atoms with Crippen LogP contribution in [0.2, 0.25) is 0 Å². The molecule has 0 aromatic heterocycles. The Bertz CT molecular complexity index is 467. The van der Waals surface area contributed by atoms with Crippen molar-refractivity contribution in [3.05, 3.63) is 29.2 Å². The van der Waals surface area contributed by atoms with E-state index in [0.717, 1.165) is 5.41 Å². The molecule has 64 valence electrons. The van der Waals surface area contributed by atoms with E-state index >= 15 is 0 Å². The van der Waals surface area contributed by atoms with Crippen LogP contribution in [0.25, 0.3) is 6.08 Å². The van der Waals surface area contributed by atoms with Gasteiger partial charge in [0.25, 0.3) is 0 Å². The average molecular weight is 222 g/mol. The summed E-state index contributed by atoms with van der Waals surface area (Å²) in [6.45, 7) is 0. The Morgan fingerprint density at radius 3 is 2.69 bits per heavy atom. The normalized spacial score (nSPS) is 16.3. The van der Waals surface area contributed by atoms with Crippen LogP contribution in [0.1, 0.15) is 6.99 Å². The molecule has 0 aliphatic carbocycles. The van der Waals surface area contributed by atoms with Crippen molar-refractivity contribution in [1.82, 2.24) is 0 Å². The summed E-state index contributed by atoms with van der Waals surface area (Å²) in [5.74, 6) is 0.0792. The van der Waals surface area contributed by atoms with Crippen molar-refractivity contribution in [3.8, 4) is 5.75 Å². The maximum atomic E-state index is 11.2. The third-order valence-electron chi connectivity index (χ3n) is 1.73. The molecule has 1 N–H and O–H groups in total. The van der Waals surface area contributed by atoms with Crippen LogP contribution < -0.4 is 51.4 Å². The van der Waals surface area contributed by atoms with Crippen LogP contribution >= 0.6 is 0 Å². The van der Waals surface area contributed by atoms with Gasteiger partial charge < -0.3 is 6.53 Å². The quantitative estimate of drug-likeness (QED) is 0.531. The number of fused-ring (bicyclic) bond motifs is 1. The molecule has 1 aromatic rings. The molecule has 0 amide bonds. The standard InChI is InChI=1S/C8H6O3S.K.H/c9-7-1-2-8-6(5-7)3-4-12(8,10)11;;/h1-5,9H;;/q;+1;-1. The van der Waals surface area contributed by atoms with Crippen LogP contribution in [0.5, 0.6) is 5.75 Å². The van der Waals surface area contributed by atoms with Gasteiger partial charge in [0.1, 0.15) is 5.75 Å². The molecule has 0 saturated carbocycles. The summed E-state index contributed by atoms with van der Waals surface area (Å²) in [4.78, 5) is 0.264. The van der Waals surface area contributed by atoms with Crippen LogP contribution in [-0.2, 0) is 9.84 Å². The zero-order chi connectivity index (χ0) is 8.77. The Balaban J connectivity index is 0.000000845. The van der Waals surface area contributed by atoms with Gasteiger partial charge >= 0.3 is 51.4 Å². The van der Waals surface area contributed by atoms with Crippen molar-refractivity contribution in [3.63, 3.8) is 0 Å². The van der Waals surface area contributed by atoms with Crippen molar-refractivity contribution < 1.29 is 66.3 Å². The number of sulfone groups is 1. The SMILES string of the molecule is O=S1(=O)C=Cc2cc(O)ccc21.[H-].[K+]. The van der Waals surface area contributed by atoms with Crippen molar-refractivity contribution >= 4 is 15.9 Å². The fourth-order valence-corrected chi connectivity index (χ4v) is 2.35. The van der Waals surface area contributed by atoms with Gasteiger partial charge in [-0.15, -0.1) is 0 Å². The second kappa shape index (κ2) is 3.84. The van der Waals surface area contributed by atoms with Gasteiger partial charge in [0.2, 0.25) is 0 Å². The Hall–Kier alpha value is 0.346. The number of phenols is 1. The number of phenolic OH excluding ortho intramolecular Hbond substituents is 1. The number of aromatic hydroxyl groups is 1. The Morgan fingerprint density at radius 1 is 1.31 bits per heavy atom. The van der Waals surface area contributed by atoms with Gasteiger partial charge in [-0.3, -0.25) is 0 Å². The number of benzene rings is 1. The summed E-state index contributed by atoms with van der Waals surface area (Å²) in [5.41, 5.74) is 0.551. The number of hydrogen-bond donors (Lipinski definition) is 1. The van der Waals surface area contributed by atoms with Gasteiger partial charge in [-0.25, -0.2) is 8.42 Å². The van der Waals surface area contributed by atoms with Crippen molar-refractivity contribution in [2.45, 2.75) is 4.90 Å². The molecule has 1 aliphatic heterocycles. The topological polar surface area (TPSA) is 54.4 Å².